The number of rotatable bonds is 7. The molecule has 4 nitrogen and oxygen atoms in total. The van der Waals surface area contributed by atoms with Gasteiger partial charge in [0, 0.05) is 25.2 Å². The topological polar surface area (TPSA) is 40.6 Å². The fourth-order valence-corrected chi connectivity index (χ4v) is 3.40. The number of benzene rings is 1. The molecule has 0 aliphatic rings. The molecule has 132 valence electrons. The van der Waals surface area contributed by atoms with Crippen LogP contribution < -0.4 is 4.31 Å². The van der Waals surface area contributed by atoms with Gasteiger partial charge < -0.3 is 0 Å². The Morgan fingerprint density at radius 3 is 1.83 bits per heavy atom. The summed E-state index contributed by atoms with van der Waals surface area (Å²) in [6, 6.07) is 7.56. The minimum absolute atomic E-state index is 0.0114. The Balaban J connectivity index is 3.13. The molecule has 23 heavy (non-hydrogen) atoms. The largest absolute Gasteiger partial charge is 0.516 e. The van der Waals surface area contributed by atoms with Gasteiger partial charge in [-0.3, -0.25) is 9.21 Å². The maximum absolute atomic E-state index is 13.0. The Hall–Kier alpha value is -1.28. The normalized spacial score (nSPS) is 13.1. The van der Waals surface area contributed by atoms with Crippen molar-refractivity contribution in [1.29, 1.82) is 0 Å². The first-order chi connectivity index (χ1) is 10.5. The fourth-order valence-electron chi connectivity index (χ4n) is 2.43. The molecule has 0 spiro atoms. The lowest BCUT2D eigenvalue weighted by Crippen LogP contribution is -2.47. The quantitative estimate of drug-likeness (QED) is 0.755. The molecule has 1 aromatic rings. The zero-order chi connectivity index (χ0) is 17.8. The van der Waals surface area contributed by atoms with Crippen LogP contribution in [0.25, 0.3) is 0 Å². The number of anilines is 1. The summed E-state index contributed by atoms with van der Waals surface area (Å²) in [4.78, 5) is 1.95. The van der Waals surface area contributed by atoms with Gasteiger partial charge in [-0.05, 0) is 39.8 Å². The van der Waals surface area contributed by atoms with Crippen LogP contribution in [0.3, 0.4) is 0 Å². The van der Waals surface area contributed by atoms with E-state index < -0.39 is 15.5 Å². The van der Waals surface area contributed by atoms with Crippen LogP contribution in [-0.2, 0) is 10.0 Å². The molecular formula is C15H23F3N2O2S. The molecule has 0 saturated carbocycles. The van der Waals surface area contributed by atoms with E-state index in [9.17, 15) is 21.6 Å². The van der Waals surface area contributed by atoms with Crippen LogP contribution in [0, 0.1) is 0 Å². The molecule has 8 heteroatoms. The monoisotopic (exact) mass is 352 g/mol. The predicted molar refractivity (Wildman–Crippen MR) is 85.7 cm³/mol. The summed E-state index contributed by atoms with van der Waals surface area (Å²) in [7, 11) is -5.43. The van der Waals surface area contributed by atoms with Crippen molar-refractivity contribution >= 4 is 15.7 Å². The third kappa shape index (κ3) is 4.84. The fraction of sp³-hybridized carbons (Fsp3) is 0.600. The summed E-state index contributed by atoms with van der Waals surface area (Å²) in [5.41, 5.74) is -5.32. The van der Waals surface area contributed by atoms with Crippen LogP contribution >= 0.6 is 0 Å². The molecule has 0 bridgehead atoms. The number of para-hydroxylation sites is 1. The van der Waals surface area contributed by atoms with Crippen LogP contribution in [0.4, 0.5) is 18.9 Å². The molecule has 0 radical (unpaired) electrons. The van der Waals surface area contributed by atoms with E-state index in [1.54, 1.807) is 6.07 Å². The van der Waals surface area contributed by atoms with E-state index in [0.29, 0.717) is 4.31 Å². The smallest absolute Gasteiger partial charge is 0.297 e. The van der Waals surface area contributed by atoms with Crippen molar-refractivity contribution in [1.82, 2.24) is 4.90 Å². The molecular weight excluding hydrogens is 329 g/mol. The number of hydrogen-bond donors (Lipinski definition) is 0. The molecule has 0 saturated heterocycles. The molecule has 0 aliphatic carbocycles. The maximum atomic E-state index is 13.0. The van der Waals surface area contributed by atoms with Crippen molar-refractivity contribution in [3.05, 3.63) is 30.3 Å². The second kappa shape index (κ2) is 7.53. The van der Waals surface area contributed by atoms with Crippen LogP contribution in [0.15, 0.2) is 30.3 Å². The summed E-state index contributed by atoms with van der Waals surface area (Å²) in [5.74, 6) is 0. The van der Waals surface area contributed by atoms with Gasteiger partial charge in [-0.1, -0.05) is 18.2 Å². The number of halogens is 3. The Morgan fingerprint density at radius 1 is 0.957 bits per heavy atom. The first-order valence-electron chi connectivity index (χ1n) is 7.38. The SMILES string of the molecule is CC(C)N(CCN(c1ccccc1)S(=O)(=O)C(F)(F)F)C(C)C. The van der Waals surface area contributed by atoms with Gasteiger partial charge in [0.1, 0.15) is 0 Å². The highest BCUT2D eigenvalue weighted by Gasteiger charge is 2.50. The van der Waals surface area contributed by atoms with E-state index in [1.165, 1.54) is 24.3 Å². The van der Waals surface area contributed by atoms with Gasteiger partial charge >= 0.3 is 15.5 Å². The zero-order valence-corrected chi connectivity index (χ0v) is 14.5. The third-order valence-electron chi connectivity index (χ3n) is 3.51. The molecule has 0 aromatic heterocycles. The second-order valence-electron chi connectivity index (χ2n) is 5.78. The number of nitrogens with zero attached hydrogens (tertiary/aromatic N) is 2. The molecule has 0 heterocycles. The zero-order valence-electron chi connectivity index (χ0n) is 13.7. The molecule has 0 N–H and O–H groups in total. The lowest BCUT2D eigenvalue weighted by atomic mass is 10.2. The van der Waals surface area contributed by atoms with Crippen molar-refractivity contribution in [2.45, 2.75) is 45.3 Å². The summed E-state index contributed by atoms with van der Waals surface area (Å²) >= 11 is 0. The first-order valence-corrected chi connectivity index (χ1v) is 8.82. The lowest BCUT2D eigenvalue weighted by Gasteiger charge is -2.33. The summed E-state index contributed by atoms with van der Waals surface area (Å²) in [6.45, 7) is 7.63. The van der Waals surface area contributed by atoms with Crippen molar-refractivity contribution in [3.63, 3.8) is 0 Å². The Labute approximate surface area is 135 Å². The predicted octanol–water partition coefficient (Wildman–Crippen LogP) is 3.46. The van der Waals surface area contributed by atoms with E-state index in [0.717, 1.165) is 0 Å². The first kappa shape index (κ1) is 19.8. The lowest BCUT2D eigenvalue weighted by molar-refractivity contribution is -0.0438. The van der Waals surface area contributed by atoms with Gasteiger partial charge in [0.15, 0.2) is 0 Å². The van der Waals surface area contributed by atoms with Gasteiger partial charge in [0.05, 0.1) is 5.69 Å². The molecule has 0 amide bonds. The summed E-state index contributed by atoms with van der Waals surface area (Å²) in [5, 5.41) is 0. The minimum atomic E-state index is -5.43. The van der Waals surface area contributed by atoms with Gasteiger partial charge in [0.25, 0.3) is 0 Å². The average Bonchev–Trinajstić information content (AvgIpc) is 2.42. The number of sulfonamides is 1. The minimum Gasteiger partial charge on any atom is -0.297 e. The van der Waals surface area contributed by atoms with E-state index in [2.05, 4.69) is 0 Å². The second-order valence-corrected chi connectivity index (χ2v) is 7.64. The maximum Gasteiger partial charge on any atom is 0.516 e. The molecule has 1 rings (SSSR count). The van der Waals surface area contributed by atoms with Crippen molar-refractivity contribution in [2.24, 2.45) is 0 Å². The third-order valence-corrected chi connectivity index (χ3v) is 5.07. The van der Waals surface area contributed by atoms with Crippen molar-refractivity contribution in [2.75, 3.05) is 17.4 Å². The molecule has 0 fully saturated rings. The van der Waals surface area contributed by atoms with Crippen molar-refractivity contribution < 1.29 is 21.6 Å². The summed E-state index contributed by atoms with van der Waals surface area (Å²) < 4.78 is 63.1. The van der Waals surface area contributed by atoms with Crippen LogP contribution in [0.2, 0.25) is 0 Å². The van der Waals surface area contributed by atoms with Gasteiger partial charge in [0.2, 0.25) is 0 Å². The highest BCUT2D eigenvalue weighted by atomic mass is 32.2. The Bertz CT molecular complexity index is 578. The Morgan fingerprint density at radius 2 is 1.43 bits per heavy atom. The number of alkyl halides is 3. The van der Waals surface area contributed by atoms with Gasteiger partial charge in [-0.15, -0.1) is 0 Å². The van der Waals surface area contributed by atoms with E-state index in [-0.39, 0.29) is 30.9 Å². The standard InChI is InChI=1S/C15H23F3N2O2S/c1-12(2)19(13(3)4)10-11-20(14-8-6-5-7-9-14)23(21,22)15(16,17)18/h5-9,12-13H,10-11H2,1-4H3. The van der Waals surface area contributed by atoms with E-state index in [4.69, 9.17) is 0 Å². The molecule has 0 unspecified atom stereocenters. The number of hydrogen-bond acceptors (Lipinski definition) is 3. The molecule has 0 aliphatic heterocycles. The van der Waals surface area contributed by atoms with Crippen molar-refractivity contribution in [3.8, 4) is 0 Å². The van der Waals surface area contributed by atoms with Gasteiger partial charge in [-0.25, -0.2) is 0 Å². The van der Waals surface area contributed by atoms with Crippen LogP contribution in [0.5, 0.6) is 0 Å². The summed E-state index contributed by atoms with van der Waals surface area (Å²) in [6.07, 6.45) is 0. The average molecular weight is 352 g/mol. The van der Waals surface area contributed by atoms with Crippen LogP contribution in [0.1, 0.15) is 27.7 Å². The van der Waals surface area contributed by atoms with E-state index in [1.807, 2.05) is 32.6 Å². The Kier molecular flexibility index (Phi) is 6.47. The highest BCUT2D eigenvalue weighted by Crippen LogP contribution is 2.30. The molecule has 1 aromatic carbocycles. The molecule has 0 atom stereocenters. The van der Waals surface area contributed by atoms with Gasteiger partial charge in [-0.2, -0.15) is 21.6 Å². The highest BCUT2D eigenvalue weighted by molar-refractivity contribution is 7.93. The van der Waals surface area contributed by atoms with E-state index >= 15 is 0 Å². The van der Waals surface area contributed by atoms with Crippen LogP contribution in [-0.4, -0.2) is 44.0 Å².